The van der Waals surface area contributed by atoms with E-state index in [-0.39, 0.29) is 5.91 Å². The number of nitrogens with zero attached hydrogens (tertiary/aromatic N) is 3. The number of carbonyl (C=O) groups excluding carboxylic acids is 1. The van der Waals surface area contributed by atoms with Crippen molar-refractivity contribution in [3.8, 4) is 11.1 Å². The highest BCUT2D eigenvalue weighted by atomic mass is 35.5. The van der Waals surface area contributed by atoms with E-state index in [1.54, 1.807) is 6.20 Å². The molecule has 1 fully saturated rings. The lowest BCUT2D eigenvalue weighted by molar-refractivity contribution is -0.128. The van der Waals surface area contributed by atoms with Crippen LogP contribution in [0.25, 0.3) is 16.9 Å². The lowest BCUT2D eigenvalue weighted by Crippen LogP contribution is -2.40. The van der Waals surface area contributed by atoms with E-state index in [0.29, 0.717) is 35.9 Å². The molecular formula is C36H35ClN4O2. The molecule has 1 N–H and O–H groups in total. The van der Waals surface area contributed by atoms with Crippen LogP contribution in [-0.4, -0.2) is 46.9 Å². The van der Waals surface area contributed by atoms with Crippen molar-refractivity contribution in [2.45, 2.75) is 26.3 Å². The maximum Gasteiger partial charge on any atom is 0.294 e. The summed E-state index contributed by atoms with van der Waals surface area (Å²) in [5, 5.41) is 4.07. The molecule has 43 heavy (non-hydrogen) atoms. The second kappa shape index (κ2) is 13.3. The van der Waals surface area contributed by atoms with Gasteiger partial charge in [0.15, 0.2) is 5.76 Å². The van der Waals surface area contributed by atoms with Gasteiger partial charge in [-0.25, -0.2) is 0 Å². The molecule has 218 valence electrons. The third-order valence-electron chi connectivity index (χ3n) is 7.94. The highest BCUT2D eigenvalue weighted by molar-refractivity contribution is 6.30. The van der Waals surface area contributed by atoms with E-state index in [4.69, 9.17) is 16.3 Å². The first-order valence-corrected chi connectivity index (χ1v) is 15.1. The third kappa shape index (κ3) is 6.51. The second-order valence-electron chi connectivity index (χ2n) is 10.8. The Labute approximate surface area is 258 Å². The molecule has 7 heteroatoms. The molecule has 0 spiro atoms. The second-order valence-corrected chi connectivity index (χ2v) is 11.2. The van der Waals surface area contributed by atoms with Gasteiger partial charge in [0.1, 0.15) is 5.76 Å². The molecule has 0 saturated carbocycles. The Morgan fingerprint density at radius 2 is 1.81 bits per heavy atom. The fourth-order valence-corrected chi connectivity index (χ4v) is 5.84. The molecular weight excluding hydrogens is 556 g/mol. The normalized spacial score (nSPS) is 17.8. The summed E-state index contributed by atoms with van der Waals surface area (Å²) in [6.07, 6.45) is 15.4. The number of aromatic nitrogens is 1. The SMILES string of the molecule is C/C=C\C1=C(/C=C/N2CCNCC2)CC2=C(OC(c3ccc(Cl)cc3)=CC2)C(=O)N1Cc1ccccc1-c1cccnc1. The summed E-state index contributed by atoms with van der Waals surface area (Å²) in [7, 11) is 0. The maximum absolute atomic E-state index is 14.6. The topological polar surface area (TPSA) is 57.7 Å². The fourth-order valence-electron chi connectivity index (χ4n) is 5.71. The lowest BCUT2D eigenvalue weighted by atomic mass is 9.97. The molecule has 4 heterocycles. The average Bonchev–Trinajstić information content (AvgIpc) is 3.16. The predicted molar refractivity (Wildman–Crippen MR) is 172 cm³/mol. The van der Waals surface area contributed by atoms with Crippen molar-refractivity contribution in [1.82, 2.24) is 20.1 Å². The molecule has 0 atom stereocenters. The molecule has 3 aliphatic heterocycles. The number of piperazine rings is 1. The van der Waals surface area contributed by atoms with Crippen LogP contribution in [0.2, 0.25) is 5.02 Å². The molecule has 3 aliphatic rings. The zero-order valence-electron chi connectivity index (χ0n) is 24.3. The number of nitrogens with one attached hydrogen (secondary N) is 1. The van der Waals surface area contributed by atoms with Gasteiger partial charge in [0.2, 0.25) is 0 Å². The zero-order valence-corrected chi connectivity index (χ0v) is 25.1. The first-order valence-electron chi connectivity index (χ1n) is 14.8. The molecule has 2 aromatic carbocycles. The number of hydrogen-bond acceptors (Lipinski definition) is 5. The van der Waals surface area contributed by atoms with E-state index >= 15 is 0 Å². The molecule has 3 aromatic rings. The molecule has 1 aromatic heterocycles. The van der Waals surface area contributed by atoms with E-state index in [1.165, 1.54) is 0 Å². The van der Waals surface area contributed by atoms with Gasteiger partial charge in [-0.15, -0.1) is 0 Å². The maximum atomic E-state index is 14.6. The first kappa shape index (κ1) is 28.7. The zero-order chi connectivity index (χ0) is 29.6. The summed E-state index contributed by atoms with van der Waals surface area (Å²) >= 11 is 6.15. The van der Waals surface area contributed by atoms with Gasteiger partial charge in [0, 0.05) is 60.4 Å². The Kier molecular flexibility index (Phi) is 8.87. The average molecular weight is 591 g/mol. The predicted octanol–water partition coefficient (Wildman–Crippen LogP) is 7.10. The standard InChI is InChI=1S/C36H35ClN4O2/c1-2-6-33-27(16-20-40-21-18-38-19-22-40)23-28-12-15-34(26-10-13-31(37)14-11-26)43-35(28)36(42)41(33)25-30-7-3-4-9-32(30)29-8-5-17-39-24-29/h2-11,13-17,20,24,38H,12,18-19,21-23,25H2,1H3/b6-2-,20-16+. The Morgan fingerprint density at radius 1 is 1.00 bits per heavy atom. The minimum absolute atomic E-state index is 0.144. The van der Waals surface area contributed by atoms with Crippen LogP contribution in [0.4, 0.5) is 0 Å². The Hall–Kier alpha value is -4.39. The molecule has 6 rings (SSSR count). The van der Waals surface area contributed by atoms with Gasteiger partial charge in [0.05, 0.1) is 6.54 Å². The summed E-state index contributed by atoms with van der Waals surface area (Å²) in [5.74, 6) is 0.931. The molecule has 0 bridgehead atoms. The lowest BCUT2D eigenvalue weighted by Gasteiger charge is -2.28. The Bertz CT molecular complexity index is 1630. The van der Waals surface area contributed by atoms with Crippen LogP contribution in [-0.2, 0) is 16.1 Å². The molecule has 1 saturated heterocycles. The summed E-state index contributed by atoms with van der Waals surface area (Å²) in [5.41, 5.74) is 6.93. The van der Waals surface area contributed by atoms with Crippen molar-refractivity contribution in [3.05, 3.63) is 142 Å². The number of halogens is 1. The summed E-state index contributed by atoms with van der Waals surface area (Å²) in [6, 6.07) is 19.7. The third-order valence-corrected chi connectivity index (χ3v) is 8.19. The molecule has 0 aliphatic carbocycles. The number of benzene rings is 2. The van der Waals surface area contributed by atoms with Gasteiger partial charge in [-0.3, -0.25) is 9.78 Å². The monoisotopic (exact) mass is 590 g/mol. The molecule has 0 unspecified atom stereocenters. The van der Waals surface area contributed by atoms with Crippen molar-refractivity contribution >= 4 is 23.3 Å². The van der Waals surface area contributed by atoms with Gasteiger partial charge >= 0.3 is 0 Å². The first-order chi connectivity index (χ1) is 21.1. The van der Waals surface area contributed by atoms with Crippen molar-refractivity contribution < 1.29 is 9.53 Å². The van der Waals surface area contributed by atoms with E-state index in [9.17, 15) is 4.79 Å². The number of hydrogen-bond donors (Lipinski definition) is 1. The number of allylic oxidation sites excluding steroid dienone is 6. The van der Waals surface area contributed by atoms with Crippen molar-refractivity contribution in [2.75, 3.05) is 26.2 Å². The van der Waals surface area contributed by atoms with Crippen LogP contribution in [0, 0.1) is 0 Å². The van der Waals surface area contributed by atoms with Gasteiger partial charge in [-0.05, 0) is 96.8 Å². The van der Waals surface area contributed by atoms with Crippen molar-refractivity contribution in [2.24, 2.45) is 0 Å². The highest BCUT2D eigenvalue weighted by Crippen LogP contribution is 2.38. The Morgan fingerprint density at radius 3 is 2.58 bits per heavy atom. The summed E-state index contributed by atoms with van der Waals surface area (Å²) < 4.78 is 6.46. The van der Waals surface area contributed by atoms with Gasteiger partial charge in [0.25, 0.3) is 5.91 Å². The van der Waals surface area contributed by atoms with Gasteiger partial charge in [-0.2, -0.15) is 0 Å². The van der Waals surface area contributed by atoms with Crippen LogP contribution >= 0.6 is 11.6 Å². The van der Waals surface area contributed by atoms with Crippen LogP contribution < -0.4 is 5.32 Å². The fraction of sp³-hybridized carbons (Fsp3) is 0.222. The smallest absolute Gasteiger partial charge is 0.294 e. The van der Waals surface area contributed by atoms with Crippen molar-refractivity contribution in [1.29, 1.82) is 0 Å². The van der Waals surface area contributed by atoms with Crippen LogP contribution in [0.3, 0.4) is 0 Å². The largest absolute Gasteiger partial charge is 0.451 e. The number of amides is 1. The minimum atomic E-state index is -0.144. The van der Waals surface area contributed by atoms with E-state index in [0.717, 1.165) is 65.3 Å². The quantitative estimate of drug-likeness (QED) is 0.318. The van der Waals surface area contributed by atoms with Crippen molar-refractivity contribution in [3.63, 3.8) is 0 Å². The number of rotatable bonds is 7. The molecule has 6 nitrogen and oxygen atoms in total. The highest BCUT2D eigenvalue weighted by Gasteiger charge is 2.33. The van der Waals surface area contributed by atoms with Crippen LogP contribution in [0.1, 0.15) is 30.9 Å². The van der Waals surface area contributed by atoms with E-state index in [1.807, 2.05) is 72.6 Å². The number of pyridine rings is 1. The number of carbonyl (C=O) groups is 1. The summed E-state index contributed by atoms with van der Waals surface area (Å²) in [6.45, 7) is 6.20. The van der Waals surface area contributed by atoms with E-state index < -0.39 is 0 Å². The van der Waals surface area contributed by atoms with E-state index in [2.05, 4.69) is 51.8 Å². The molecule has 1 amide bonds. The Balaban J connectivity index is 1.42. The summed E-state index contributed by atoms with van der Waals surface area (Å²) in [4.78, 5) is 23.1. The van der Waals surface area contributed by atoms with Gasteiger partial charge < -0.3 is 19.9 Å². The van der Waals surface area contributed by atoms with Crippen LogP contribution in [0.15, 0.2) is 126 Å². The van der Waals surface area contributed by atoms with Gasteiger partial charge in [-0.1, -0.05) is 48.0 Å². The molecule has 0 radical (unpaired) electrons. The van der Waals surface area contributed by atoms with Crippen LogP contribution in [0.5, 0.6) is 0 Å². The minimum Gasteiger partial charge on any atom is -0.451 e. The number of ether oxygens (including phenoxy) is 1.